The molecule has 1 rings (SSSR count). The van der Waals surface area contributed by atoms with Crippen LogP contribution in [0.5, 0.6) is 0 Å². The summed E-state index contributed by atoms with van der Waals surface area (Å²) in [4.78, 5) is 0. The lowest BCUT2D eigenvalue weighted by atomic mass is 10.1. The van der Waals surface area contributed by atoms with Crippen molar-refractivity contribution in [1.82, 2.24) is 0 Å². The van der Waals surface area contributed by atoms with Crippen molar-refractivity contribution >= 4 is 23.4 Å². The first-order valence-corrected chi connectivity index (χ1v) is 3.86. The Morgan fingerprint density at radius 3 is 2.75 bits per heavy atom. The van der Waals surface area contributed by atoms with Crippen molar-refractivity contribution in [2.24, 2.45) is 0 Å². The molecule has 0 spiro atoms. The highest BCUT2D eigenvalue weighted by molar-refractivity contribution is 6.31. The van der Waals surface area contributed by atoms with Gasteiger partial charge >= 0.3 is 0 Å². The van der Waals surface area contributed by atoms with Crippen molar-refractivity contribution in [3.05, 3.63) is 35.1 Å². The second kappa shape index (κ2) is 3.59. The first-order valence-electron chi connectivity index (χ1n) is 3.48. The van der Waals surface area contributed by atoms with Crippen LogP contribution in [0.2, 0.25) is 5.02 Å². The van der Waals surface area contributed by atoms with E-state index in [0.29, 0.717) is 5.56 Å². The number of hydrogen-bond donors (Lipinski definition) is 1. The van der Waals surface area contributed by atoms with E-state index in [4.69, 9.17) is 11.6 Å². The SMILES string of the molecule is C=Cc1cc(F)c(Cl)cc1NC. The van der Waals surface area contributed by atoms with Gasteiger partial charge in [0, 0.05) is 12.7 Å². The van der Waals surface area contributed by atoms with Crippen LogP contribution in [-0.4, -0.2) is 7.05 Å². The minimum Gasteiger partial charge on any atom is -0.388 e. The minimum atomic E-state index is -0.425. The minimum absolute atomic E-state index is 0.116. The number of halogens is 2. The van der Waals surface area contributed by atoms with E-state index in [1.807, 2.05) is 0 Å². The summed E-state index contributed by atoms with van der Waals surface area (Å²) in [6.45, 7) is 3.56. The van der Waals surface area contributed by atoms with Crippen LogP contribution in [0.4, 0.5) is 10.1 Å². The Hall–Kier alpha value is -1.02. The van der Waals surface area contributed by atoms with Crippen molar-refractivity contribution in [2.45, 2.75) is 0 Å². The lowest BCUT2D eigenvalue weighted by Crippen LogP contribution is -1.92. The largest absolute Gasteiger partial charge is 0.388 e. The van der Waals surface area contributed by atoms with Crippen LogP contribution in [0.25, 0.3) is 6.08 Å². The van der Waals surface area contributed by atoms with Crippen LogP contribution in [0.1, 0.15) is 5.56 Å². The normalized spacial score (nSPS) is 9.58. The van der Waals surface area contributed by atoms with E-state index in [9.17, 15) is 4.39 Å². The van der Waals surface area contributed by atoms with E-state index in [1.54, 1.807) is 13.1 Å². The maximum absolute atomic E-state index is 12.9. The Morgan fingerprint density at radius 2 is 2.25 bits per heavy atom. The summed E-state index contributed by atoms with van der Waals surface area (Å²) in [5.74, 6) is -0.425. The zero-order chi connectivity index (χ0) is 9.14. The summed E-state index contributed by atoms with van der Waals surface area (Å²) in [6, 6.07) is 2.88. The molecule has 0 saturated carbocycles. The maximum atomic E-state index is 12.9. The van der Waals surface area contributed by atoms with E-state index in [0.717, 1.165) is 5.69 Å². The third-order valence-corrected chi connectivity index (χ3v) is 1.87. The third-order valence-electron chi connectivity index (χ3n) is 1.58. The molecule has 0 heterocycles. The average Bonchev–Trinajstić information content (AvgIpc) is 2.09. The van der Waals surface area contributed by atoms with E-state index < -0.39 is 5.82 Å². The monoisotopic (exact) mass is 185 g/mol. The molecule has 0 fully saturated rings. The molecule has 1 aromatic rings. The highest BCUT2D eigenvalue weighted by Gasteiger charge is 2.04. The first kappa shape index (κ1) is 9.07. The summed E-state index contributed by atoms with van der Waals surface area (Å²) >= 11 is 5.57. The summed E-state index contributed by atoms with van der Waals surface area (Å²) in [5.41, 5.74) is 1.48. The molecule has 3 heteroatoms. The van der Waals surface area contributed by atoms with E-state index in [-0.39, 0.29) is 5.02 Å². The lowest BCUT2D eigenvalue weighted by Gasteiger charge is -2.05. The van der Waals surface area contributed by atoms with Crippen LogP contribution < -0.4 is 5.32 Å². The van der Waals surface area contributed by atoms with Crippen molar-refractivity contribution < 1.29 is 4.39 Å². The number of hydrogen-bond acceptors (Lipinski definition) is 1. The number of benzene rings is 1. The van der Waals surface area contributed by atoms with Crippen molar-refractivity contribution in [3.8, 4) is 0 Å². The van der Waals surface area contributed by atoms with Gasteiger partial charge in [0.05, 0.1) is 5.02 Å². The summed E-state index contributed by atoms with van der Waals surface area (Å²) < 4.78 is 12.9. The van der Waals surface area contributed by atoms with Gasteiger partial charge in [0.2, 0.25) is 0 Å². The number of anilines is 1. The van der Waals surface area contributed by atoms with Gasteiger partial charge in [-0.15, -0.1) is 0 Å². The topological polar surface area (TPSA) is 12.0 Å². The maximum Gasteiger partial charge on any atom is 0.142 e. The highest BCUT2D eigenvalue weighted by atomic mass is 35.5. The fraction of sp³-hybridized carbons (Fsp3) is 0.111. The van der Waals surface area contributed by atoms with Gasteiger partial charge in [-0.1, -0.05) is 24.3 Å². The fourth-order valence-corrected chi connectivity index (χ4v) is 1.11. The van der Waals surface area contributed by atoms with Crippen molar-refractivity contribution in [3.63, 3.8) is 0 Å². The lowest BCUT2D eigenvalue weighted by molar-refractivity contribution is 0.628. The molecular formula is C9H9ClFN. The summed E-state index contributed by atoms with van der Waals surface area (Å²) in [6.07, 6.45) is 1.57. The van der Waals surface area contributed by atoms with Gasteiger partial charge in [0.25, 0.3) is 0 Å². The van der Waals surface area contributed by atoms with Crippen LogP contribution >= 0.6 is 11.6 Å². The van der Waals surface area contributed by atoms with Gasteiger partial charge in [-0.3, -0.25) is 0 Å². The number of rotatable bonds is 2. The van der Waals surface area contributed by atoms with Gasteiger partial charge in [0.1, 0.15) is 5.82 Å². The molecule has 0 aliphatic carbocycles. The van der Waals surface area contributed by atoms with E-state index in [2.05, 4.69) is 11.9 Å². The molecular weight excluding hydrogens is 177 g/mol. The predicted molar refractivity (Wildman–Crippen MR) is 51.0 cm³/mol. The number of nitrogens with one attached hydrogen (secondary N) is 1. The highest BCUT2D eigenvalue weighted by Crippen LogP contribution is 2.24. The Kier molecular flexibility index (Phi) is 2.71. The molecule has 0 saturated heterocycles. The first-order chi connectivity index (χ1) is 5.69. The third kappa shape index (κ3) is 1.59. The van der Waals surface area contributed by atoms with Crippen molar-refractivity contribution in [2.75, 3.05) is 12.4 Å². The summed E-state index contributed by atoms with van der Waals surface area (Å²) in [7, 11) is 1.75. The molecule has 1 aromatic carbocycles. The zero-order valence-electron chi connectivity index (χ0n) is 6.70. The van der Waals surface area contributed by atoms with Gasteiger partial charge < -0.3 is 5.32 Å². The quantitative estimate of drug-likeness (QED) is 0.747. The molecule has 0 aromatic heterocycles. The molecule has 12 heavy (non-hydrogen) atoms. The molecule has 0 unspecified atom stereocenters. The molecule has 1 nitrogen and oxygen atoms in total. The van der Waals surface area contributed by atoms with Crippen LogP contribution in [0.3, 0.4) is 0 Å². The Morgan fingerprint density at radius 1 is 1.58 bits per heavy atom. The molecule has 0 amide bonds. The standard InChI is InChI=1S/C9H9ClFN/c1-3-6-4-8(11)7(10)5-9(6)12-2/h3-5,12H,1H2,2H3. The van der Waals surface area contributed by atoms with Crippen LogP contribution in [-0.2, 0) is 0 Å². The second-order valence-corrected chi connectivity index (χ2v) is 2.71. The predicted octanol–water partition coefficient (Wildman–Crippen LogP) is 3.16. The fourth-order valence-electron chi connectivity index (χ4n) is 0.948. The van der Waals surface area contributed by atoms with Gasteiger partial charge in [-0.25, -0.2) is 4.39 Å². The van der Waals surface area contributed by atoms with Gasteiger partial charge in [0.15, 0.2) is 0 Å². The molecule has 1 N–H and O–H groups in total. The Bertz CT molecular complexity index is 310. The van der Waals surface area contributed by atoms with Gasteiger partial charge in [-0.05, 0) is 17.7 Å². The molecule has 0 aliphatic rings. The smallest absolute Gasteiger partial charge is 0.142 e. The van der Waals surface area contributed by atoms with Gasteiger partial charge in [-0.2, -0.15) is 0 Å². The van der Waals surface area contributed by atoms with Crippen LogP contribution in [0.15, 0.2) is 18.7 Å². The van der Waals surface area contributed by atoms with Crippen molar-refractivity contribution in [1.29, 1.82) is 0 Å². The molecule has 0 radical (unpaired) electrons. The Labute approximate surface area is 75.9 Å². The average molecular weight is 186 g/mol. The van der Waals surface area contributed by atoms with Crippen LogP contribution in [0, 0.1) is 5.82 Å². The molecule has 0 atom stereocenters. The molecule has 0 bridgehead atoms. The molecule has 64 valence electrons. The zero-order valence-corrected chi connectivity index (χ0v) is 7.45. The second-order valence-electron chi connectivity index (χ2n) is 2.31. The molecule has 0 aliphatic heterocycles. The van der Waals surface area contributed by atoms with E-state index in [1.165, 1.54) is 12.1 Å². The summed E-state index contributed by atoms with van der Waals surface area (Å²) in [5, 5.41) is 3.01. The van der Waals surface area contributed by atoms with E-state index >= 15 is 0 Å². The Balaban J connectivity index is 3.28.